The molecule has 1 saturated heterocycles. The maximum Gasteiger partial charge on any atom is 0.308 e. The van der Waals surface area contributed by atoms with Crippen LogP contribution in [0, 0.1) is 11.8 Å². The summed E-state index contributed by atoms with van der Waals surface area (Å²) >= 11 is 0. The number of hydrogen-bond acceptors (Lipinski definition) is 3. The topological polar surface area (TPSA) is 83.6 Å². The molecule has 0 spiro atoms. The molecule has 5 nitrogen and oxygen atoms in total. The number of piperidine rings is 1. The first-order chi connectivity index (χ1) is 8.58. The Bertz CT molecular complexity index is 332. The summed E-state index contributed by atoms with van der Waals surface area (Å²) in [5, 5.41) is 9.03. The molecule has 0 bridgehead atoms. The summed E-state index contributed by atoms with van der Waals surface area (Å²) in [7, 11) is 0. The third-order valence-electron chi connectivity index (χ3n) is 4.15. The fourth-order valence-corrected chi connectivity index (χ4v) is 3.09. The van der Waals surface area contributed by atoms with Gasteiger partial charge in [-0.15, -0.1) is 0 Å². The van der Waals surface area contributed by atoms with Gasteiger partial charge < -0.3 is 15.7 Å². The van der Waals surface area contributed by atoms with Crippen molar-refractivity contribution in [1.82, 2.24) is 4.90 Å². The highest BCUT2D eigenvalue weighted by atomic mass is 16.4. The SMILES string of the molecule is NC1CCCC(C(=O)N2CCCC(C(=O)O)C2)C1. The van der Waals surface area contributed by atoms with Crippen LogP contribution >= 0.6 is 0 Å². The van der Waals surface area contributed by atoms with Crippen LogP contribution in [-0.4, -0.2) is 41.0 Å². The number of carboxylic acids is 1. The molecular formula is C13H22N2O3. The average molecular weight is 254 g/mol. The number of likely N-dealkylation sites (tertiary alicyclic amines) is 1. The van der Waals surface area contributed by atoms with Gasteiger partial charge in [-0.25, -0.2) is 0 Å². The highest BCUT2D eigenvalue weighted by molar-refractivity contribution is 5.80. The van der Waals surface area contributed by atoms with Crippen LogP contribution in [0.25, 0.3) is 0 Å². The van der Waals surface area contributed by atoms with Crippen molar-refractivity contribution in [3.8, 4) is 0 Å². The molecule has 3 atom stereocenters. The third-order valence-corrected chi connectivity index (χ3v) is 4.15. The molecule has 102 valence electrons. The van der Waals surface area contributed by atoms with Gasteiger partial charge in [0, 0.05) is 25.0 Å². The number of nitrogens with two attached hydrogens (primary N) is 1. The number of hydrogen-bond donors (Lipinski definition) is 2. The molecule has 2 fully saturated rings. The van der Waals surface area contributed by atoms with E-state index in [4.69, 9.17) is 10.8 Å². The van der Waals surface area contributed by atoms with Gasteiger partial charge in [-0.1, -0.05) is 6.42 Å². The molecule has 0 aromatic heterocycles. The van der Waals surface area contributed by atoms with E-state index in [2.05, 4.69) is 0 Å². The lowest BCUT2D eigenvalue weighted by Crippen LogP contribution is -2.46. The molecule has 5 heteroatoms. The first-order valence-electron chi connectivity index (χ1n) is 6.85. The number of nitrogens with zero attached hydrogens (tertiary/aromatic N) is 1. The second-order valence-corrected chi connectivity index (χ2v) is 5.59. The quantitative estimate of drug-likeness (QED) is 0.764. The van der Waals surface area contributed by atoms with Gasteiger partial charge in [-0.05, 0) is 32.1 Å². The monoisotopic (exact) mass is 254 g/mol. The van der Waals surface area contributed by atoms with Crippen LogP contribution < -0.4 is 5.73 Å². The van der Waals surface area contributed by atoms with Gasteiger partial charge in [-0.2, -0.15) is 0 Å². The third kappa shape index (κ3) is 3.02. The summed E-state index contributed by atoms with van der Waals surface area (Å²) in [5.74, 6) is -1.04. The van der Waals surface area contributed by atoms with Gasteiger partial charge in [0.25, 0.3) is 0 Å². The summed E-state index contributed by atoms with van der Waals surface area (Å²) in [4.78, 5) is 25.1. The Hall–Kier alpha value is -1.10. The lowest BCUT2D eigenvalue weighted by Gasteiger charge is -2.35. The van der Waals surface area contributed by atoms with Crippen LogP contribution in [0.2, 0.25) is 0 Å². The molecule has 18 heavy (non-hydrogen) atoms. The van der Waals surface area contributed by atoms with Crippen LogP contribution in [0.3, 0.4) is 0 Å². The predicted molar refractivity (Wildman–Crippen MR) is 66.9 cm³/mol. The fraction of sp³-hybridized carbons (Fsp3) is 0.846. The van der Waals surface area contributed by atoms with Crippen molar-refractivity contribution in [2.45, 2.75) is 44.6 Å². The smallest absolute Gasteiger partial charge is 0.308 e. The number of aliphatic carboxylic acids is 1. The summed E-state index contributed by atoms with van der Waals surface area (Å²) in [6.45, 7) is 1.08. The van der Waals surface area contributed by atoms with Gasteiger partial charge in [0.1, 0.15) is 0 Å². The minimum absolute atomic E-state index is 0.0151. The van der Waals surface area contributed by atoms with Crippen LogP contribution in [0.4, 0.5) is 0 Å². The molecule has 1 aliphatic carbocycles. The largest absolute Gasteiger partial charge is 0.481 e. The van der Waals surface area contributed by atoms with Gasteiger partial charge in [0.05, 0.1) is 5.92 Å². The van der Waals surface area contributed by atoms with E-state index in [1.807, 2.05) is 0 Å². The normalized spacial score (nSPS) is 33.2. The zero-order chi connectivity index (χ0) is 13.1. The zero-order valence-corrected chi connectivity index (χ0v) is 10.7. The minimum Gasteiger partial charge on any atom is -0.481 e. The molecule has 0 aromatic carbocycles. The highest BCUT2D eigenvalue weighted by Crippen LogP contribution is 2.27. The highest BCUT2D eigenvalue weighted by Gasteiger charge is 2.33. The van der Waals surface area contributed by atoms with Crippen LogP contribution in [0.15, 0.2) is 0 Å². The van der Waals surface area contributed by atoms with Gasteiger partial charge >= 0.3 is 5.97 Å². The molecule has 0 aromatic rings. The van der Waals surface area contributed by atoms with Crippen molar-refractivity contribution in [1.29, 1.82) is 0 Å². The van der Waals surface area contributed by atoms with Crippen molar-refractivity contribution in [3.63, 3.8) is 0 Å². The number of carboxylic acid groups (broad SMARTS) is 1. The lowest BCUT2D eigenvalue weighted by molar-refractivity contribution is -0.147. The molecule has 1 aliphatic heterocycles. The first kappa shape index (κ1) is 13.3. The second-order valence-electron chi connectivity index (χ2n) is 5.59. The lowest BCUT2D eigenvalue weighted by atomic mass is 9.84. The Balaban J connectivity index is 1.93. The van der Waals surface area contributed by atoms with Crippen molar-refractivity contribution in [3.05, 3.63) is 0 Å². The molecule has 1 heterocycles. The van der Waals surface area contributed by atoms with Gasteiger partial charge in [-0.3, -0.25) is 9.59 Å². The Morgan fingerprint density at radius 3 is 2.50 bits per heavy atom. The van der Waals surface area contributed by atoms with Crippen LogP contribution in [-0.2, 0) is 9.59 Å². The van der Waals surface area contributed by atoms with E-state index >= 15 is 0 Å². The summed E-state index contributed by atoms with van der Waals surface area (Å²) in [6.07, 6.45) is 5.15. The number of carbonyl (C=O) groups excluding carboxylic acids is 1. The molecule has 0 radical (unpaired) electrons. The first-order valence-corrected chi connectivity index (χ1v) is 6.85. The zero-order valence-electron chi connectivity index (χ0n) is 10.7. The minimum atomic E-state index is -0.784. The molecule has 1 saturated carbocycles. The van der Waals surface area contributed by atoms with Gasteiger partial charge in [0.15, 0.2) is 0 Å². The fourth-order valence-electron chi connectivity index (χ4n) is 3.09. The molecule has 2 rings (SSSR count). The maximum absolute atomic E-state index is 12.3. The molecule has 3 unspecified atom stereocenters. The van der Waals surface area contributed by atoms with E-state index in [1.165, 1.54) is 0 Å². The number of rotatable bonds is 2. The van der Waals surface area contributed by atoms with E-state index in [-0.39, 0.29) is 23.8 Å². The standard InChI is InChI=1S/C13H22N2O3/c14-11-5-1-3-9(7-11)12(16)15-6-2-4-10(8-15)13(17)18/h9-11H,1-8,14H2,(H,17,18). The van der Waals surface area contributed by atoms with E-state index in [0.717, 1.165) is 32.1 Å². The van der Waals surface area contributed by atoms with E-state index in [0.29, 0.717) is 19.5 Å². The summed E-state index contributed by atoms with van der Waals surface area (Å²) in [6, 6.07) is 0.132. The molecule has 1 amide bonds. The Labute approximate surface area is 107 Å². The predicted octanol–water partition coefficient (Wildman–Crippen LogP) is 0.827. The molecular weight excluding hydrogens is 232 g/mol. The summed E-state index contributed by atoms with van der Waals surface area (Å²) < 4.78 is 0. The van der Waals surface area contributed by atoms with Crippen LogP contribution in [0.1, 0.15) is 38.5 Å². The summed E-state index contributed by atoms with van der Waals surface area (Å²) in [5.41, 5.74) is 5.90. The molecule has 2 aliphatic rings. The van der Waals surface area contributed by atoms with Gasteiger partial charge in [0.2, 0.25) is 5.91 Å². The molecule has 3 N–H and O–H groups in total. The van der Waals surface area contributed by atoms with Crippen molar-refractivity contribution in [2.24, 2.45) is 17.6 Å². The van der Waals surface area contributed by atoms with E-state index < -0.39 is 5.97 Å². The average Bonchev–Trinajstić information content (AvgIpc) is 2.38. The maximum atomic E-state index is 12.3. The number of carbonyl (C=O) groups is 2. The number of amides is 1. The van der Waals surface area contributed by atoms with Crippen molar-refractivity contribution < 1.29 is 14.7 Å². The van der Waals surface area contributed by atoms with Crippen LogP contribution in [0.5, 0.6) is 0 Å². The second kappa shape index (κ2) is 5.69. The van der Waals surface area contributed by atoms with E-state index in [9.17, 15) is 9.59 Å². The Morgan fingerprint density at radius 1 is 1.11 bits per heavy atom. The van der Waals surface area contributed by atoms with Crippen molar-refractivity contribution >= 4 is 11.9 Å². The van der Waals surface area contributed by atoms with E-state index in [1.54, 1.807) is 4.90 Å². The Kier molecular flexibility index (Phi) is 4.22. The Morgan fingerprint density at radius 2 is 1.83 bits per heavy atom. The van der Waals surface area contributed by atoms with Crippen molar-refractivity contribution in [2.75, 3.05) is 13.1 Å².